The highest BCUT2D eigenvalue weighted by molar-refractivity contribution is 7.89. The van der Waals surface area contributed by atoms with E-state index >= 15 is 0 Å². The zero-order valence-corrected chi connectivity index (χ0v) is 21.2. The predicted molar refractivity (Wildman–Crippen MR) is 138 cm³/mol. The van der Waals surface area contributed by atoms with Gasteiger partial charge in [0.2, 0.25) is 10.0 Å². The molecule has 34 heavy (non-hydrogen) atoms. The number of hydrogen-bond acceptors (Lipinski definition) is 4. The van der Waals surface area contributed by atoms with Crippen molar-refractivity contribution in [1.29, 1.82) is 0 Å². The molecule has 1 saturated heterocycles. The minimum absolute atomic E-state index is 0.00548. The van der Waals surface area contributed by atoms with Crippen molar-refractivity contribution in [2.24, 2.45) is 0 Å². The fraction of sp³-hybridized carbons (Fsp3) is 0.333. The molecule has 0 bridgehead atoms. The molecule has 1 aliphatic carbocycles. The second kappa shape index (κ2) is 9.00. The molecule has 3 aromatic rings. The molecule has 1 N–H and O–H groups in total. The molecule has 1 heterocycles. The van der Waals surface area contributed by atoms with Crippen LogP contribution in [0.5, 0.6) is 0 Å². The minimum Gasteiger partial charge on any atom is -0.354 e. The van der Waals surface area contributed by atoms with Crippen LogP contribution in [0.4, 0.5) is 11.4 Å². The molecule has 1 saturated carbocycles. The highest BCUT2D eigenvalue weighted by atomic mass is 35.5. The lowest BCUT2D eigenvalue weighted by Gasteiger charge is -2.39. The summed E-state index contributed by atoms with van der Waals surface area (Å²) in [6.07, 6.45) is 2.18. The Hall–Kier alpha value is -2.38. The Morgan fingerprint density at radius 3 is 2.18 bits per heavy atom. The van der Waals surface area contributed by atoms with Crippen LogP contribution in [0.2, 0.25) is 5.02 Å². The molecule has 7 heteroatoms. The first kappa shape index (κ1) is 23.4. The molecule has 0 amide bonds. The SMILES string of the molecule is Cc1ccc(S(=O)(=O)N2CCN(C3(c4cccc(Nc5ccc(C)cc5Cl)c4)CC3)CC2)cc1. The molecule has 5 rings (SSSR count). The van der Waals surface area contributed by atoms with Gasteiger partial charge in [-0.3, -0.25) is 4.90 Å². The second-order valence-corrected chi connectivity index (χ2v) is 11.8. The first-order chi connectivity index (χ1) is 16.3. The van der Waals surface area contributed by atoms with Crippen LogP contribution in [0.25, 0.3) is 0 Å². The molecule has 0 unspecified atom stereocenters. The number of sulfonamides is 1. The van der Waals surface area contributed by atoms with E-state index < -0.39 is 10.0 Å². The third-order valence-corrected chi connectivity index (χ3v) is 9.26. The maximum Gasteiger partial charge on any atom is 0.243 e. The molecule has 2 aliphatic rings. The lowest BCUT2D eigenvalue weighted by atomic mass is 10.0. The van der Waals surface area contributed by atoms with Gasteiger partial charge in [0, 0.05) is 37.4 Å². The minimum atomic E-state index is -3.46. The number of rotatable bonds is 6. The Balaban J connectivity index is 1.29. The normalized spacial score (nSPS) is 18.6. The van der Waals surface area contributed by atoms with Gasteiger partial charge in [-0.05, 0) is 74.2 Å². The molecular formula is C27H30ClN3O2S. The number of hydrogen-bond donors (Lipinski definition) is 1. The molecule has 0 spiro atoms. The fourth-order valence-corrected chi connectivity index (χ4v) is 6.59. The van der Waals surface area contributed by atoms with Gasteiger partial charge in [-0.1, -0.05) is 47.5 Å². The summed E-state index contributed by atoms with van der Waals surface area (Å²) < 4.78 is 27.8. The van der Waals surface area contributed by atoms with Gasteiger partial charge in [-0.2, -0.15) is 4.31 Å². The van der Waals surface area contributed by atoms with Crippen molar-refractivity contribution in [2.75, 3.05) is 31.5 Å². The van der Waals surface area contributed by atoms with E-state index in [4.69, 9.17) is 11.6 Å². The highest BCUT2D eigenvalue weighted by Crippen LogP contribution is 2.52. The Labute approximate surface area is 207 Å². The van der Waals surface area contributed by atoms with E-state index in [0.717, 1.165) is 48.4 Å². The highest BCUT2D eigenvalue weighted by Gasteiger charge is 2.50. The van der Waals surface area contributed by atoms with E-state index in [1.54, 1.807) is 16.4 Å². The molecule has 5 nitrogen and oxygen atoms in total. The fourth-order valence-electron chi connectivity index (χ4n) is 4.89. The number of piperazine rings is 1. The van der Waals surface area contributed by atoms with Crippen LogP contribution in [0.1, 0.15) is 29.5 Å². The summed E-state index contributed by atoms with van der Waals surface area (Å²) in [7, 11) is -3.46. The molecule has 3 aromatic carbocycles. The van der Waals surface area contributed by atoms with E-state index in [0.29, 0.717) is 23.0 Å². The summed E-state index contributed by atoms with van der Waals surface area (Å²) in [6.45, 7) is 6.46. The van der Waals surface area contributed by atoms with Gasteiger partial charge < -0.3 is 5.32 Å². The smallest absolute Gasteiger partial charge is 0.243 e. The Kier molecular flexibility index (Phi) is 6.19. The Morgan fingerprint density at radius 2 is 1.53 bits per heavy atom. The summed E-state index contributed by atoms with van der Waals surface area (Å²) in [4.78, 5) is 2.84. The van der Waals surface area contributed by atoms with Crippen molar-refractivity contribution < 1.29 is 8.42 Å². The van der Waals surface area contributed by atoms with E-state index in [1.807, 2.05) is 44.2 Å². The first-order valence-corrected chi connectivity index (χ1v) is 13.6. The van der Waals surface area contributed by atoms with E-state index in [9.17, 15) is 8.42 Å². The predicted octanol–water partition coefficient (Wildman–Crippen LogP) is 5.70. The van der Waals surface area contributed by atoms with Gasteiger partial charge in [0.25, 0.3) is 0 Å². The number of nitrogens with zero attached hydrogens (tertiary/aromatic N) is 2. The third kappa shape index (κ3) is 4.48. The van der Waals surface area contributed by atoms with Crippen LogP contribution in [0, 0.1) is 13.8 Å². The average molecular weight is 496 g/mol. The molecule has 1 aliphatic heterocycles. The average Bonchev–Trinajstić information content (AvgIpc) is 3.64. The topological polar surface area (TPSA) is 52.7 Å². The number of anilines is 2. The van der Waals surface area contributed by atoms with Gasteiger partial charge in [-0.25, -0.2) is 8.42 Å². The van der Waals surface area contributed by atoms with Gasteiger partial charge in [0.05, 0.1) is 15.6 Å². The maximum absolute atomic E-state index is 13.1. The molecule has 0 atom stereocenters. The number of aryl methyl sites for hydroxylation is 2. The maximum atomic E-state index is 13.1. The lowest BCUT2D eigenvalue weighted by Crippen LogP contribution is -2.52. The molecule has 0 radical (unpaired) electrons. The van der Waals surface area contributed by atoms with E-state index in [2.05, 4.69) is 34.5 Å². The standard InChI is InChI=1S/C27H30ClN3O2S/c1-20-6-9-24(10-7-20)34(32,33)31-16-14-30(15-17-31)27(12-13-27)22-4-3-5-23(19-22)29-26-11-8-21(2)18-25(26)28/h3-11,18-19,29H,12-17H2,1-2H3. The molecule has 2 fully saturated rings. The zero-order valence-electron chi connectivity index (χ0n) is 19.6. The van der Waals surface area contributed by atoms with Gasteiger partial charge in [0.15, 0.2) is 0 Å². The van der Waals surface area contributed by atoms with Crippen LogP contribution in [0.3, 0.4) is 0 Å². The van der Waals surface area contributed by atoms with Gasteiger partial charge in [-0.15, -0.1) is 0 Å². The van der Waals surface area contributed by atoms with Gasteiger partial charge >= 0.3 is 0 Å². The van der Waals surface area contributed by atoms with Crippen molar-refractivity contribution >= 4 is 33.0 Å². The van der Waals surface area contributed by atoms with Crippen LogP contribution in [-0.2, 0) is 15.6 Å². The summed E-state index contributed by atoms with van der Waals surface area (Å²) in [5, 5.41) is 4.16. The van der Waals surface area contributed by atoms with Gasteiger partial charge in [0.1, 0.15) is 0 Å². The molecule has 0 aromatic heterocycles. The summed E-state index contributed by atoms with van der Waals surface area (Å²) >= 11 is 6.42. The van der Waals surface area contributed by atoms with Crippen LogP contribution in [0.15, 0.2) is 71.6 Å². The zero-order chi connectivity index (χ0) is 23.9. The van der Waals surface area contributed by atoms with Crippen molar-refractivity contribution in [2.45, 2.75) is 37.1 Å². The van der Waals surface area contributed by atoms with Crippen LogP contribution in [-0.4, -0.2) is 43.8 Å². The summed E-state index contributed by atoms with van der Waals surface area (Å²) in [6, 6.07) is 21.7. The molecule has 178 valence electrons. The van der Waals surface area contributed by atoms with Crippen molar-refractivity contribution in [1.82, 2.24) is 9.21 Å². The van der Waals surface area contributed by atoms with Crippen LogP contribution >= 0.6 is 11.6 Å². The monoisotopic (exact) mass is 495 g/mol. The Bertz CT molecular complexity index is 1300. The number of benzene rings is 3. The summed E-state index contributed by atoms with van der Waals surface area (Å²) in [5.74, 6) is 0. The largest absolute Gasteiger partial charge is 0.354 e. The number of halogens is 1. The lowest BCUT2D eigenvalue weighted by molar-refractivity contribution is 0.121. The number of nitrogens with one attached hydrogen (secondary N) is 1. The third-order valence-electron chi connectivity index (χ3n) is 7.03. The second-order valence-electron chi connectivity index (χ2n) is 9.42. The quantitative estimate of drug-likeness (QED) is 0.477. The van der Waals surface area contributed by atoms with E-state index in [-0.39, 0.29) is 5.54 Å². The van der Waals surface area contributed by atoms with Crippen molar-refractivity contribution in [3.05, 3.63) is 88.4 Å². The molecular weight excluding hydrogens is 466 g/mol. The summed E-state index contributed by atoms with van der Waals surface area (Å²) in [5.41, 5.74) is 5.36. The van der Waals surface area contributed by atoms with Crippen molar-refractivity contribution in [3.8, 4) is 0 Å². The van der Waals surface area contributed by atoms with E-state index in [1.165, 1.54) is 5.56 Å². The first-order valence-electron chi connectivity index (χ1n) is 11.7. The Morgan fingerprint density at radius 1 is 0.853 bits per heavy atom. The van der Waals surface area contributed by atoms with Crippen molar-refractivity contribution in [3.63, 3.8) is 0 Å². The van der Waals surface area contributed by atoms with Crippen LogP contribution < -0.4 is 5.32 Å².